The van der Waals surface area contributed by atoms with Crippen LogP contribution >= 0.6 is 0 Å². The second-order valence-corrected chi connectivity index (χ2v) is 6.69. The third-order valence-corrected chi connectivity index (χ3v) is 4.95. The minimum absolute atomic E-state index is 0. The highest BCUT2D eigenvalue weighted by molar-refractivity contribution is 6.19. The molecule has 1 fully saturated rings. The Morgan fingerprint density at radius 1 is 0.867 bits per heavy atom. The predicted molar refractivity (Wildman–Crippen MR) is 102 cm³/mol. The van der Waals surface area contributed by atoms with Gasteiger partial charge in [0.05, 0.1) is 34.9 Å². The number of hydrogen-bond acceptors (Lipinski definition) is 10. The molecule has 168 valence electrons. The molecule has 2 unspecified atom stereocenters. The number of ether oxygens (including phenoxy) is 4. The summed E-state index contributed by atoms with van der Waals surface area (Å²) in [4.78, 5) is 67.4. The number of rotatable bonds is 6. The van der Waals surface area contributed by atoms with E-state index in [9.17, 15) is 28.8 Å². The van der Waals surface area contributed by atoms with Crippen LogP contribution in [0.25, 0.3) is 0 Å². The van der Waals surface area contributed by atoms with Gasteiger partial charge in [0.1, 0.15) is 17.3 Å². The second kappa shape index (κ2) is 11.8. The van der Waals surface area contributed by atoms with Crippen molar-refractivity contribution < 1.29 is 49.1 Å². The van der Waals surface area contributed by atoms with Crippen LogP contribution in [0.5, 0.6) is 0 Å². The molecular formula is C20H28O10. The molecular weight excluding hydrogens is 400 g/mol. The van der Waals surface area contributed by atoms with Gasteiger partial charge in [-0.1, -0.05) is 0 Å². The lowest BCUT2D eigenvalue weighted by atomic mass is 9.92. The Morgan fingerprint density at radius 2 is 1.50 bits per heavy atom. The number of Topliss-reactive ketones (excluding diaryl/α,β-unsaturated/α-hetero) is 2. The molecule has 10 heteroatoms. The fourth-order valence-corrected chi connectivity index (χ4v) is 3.38. The fraction of sp³-hybridized carbons (Fsp3) is 0.600. The number of methoxy groups -OCH3 is 4. The normalized spacial score (nSPS) is 20.3. The van der Waals surface area contributed by atoms with Crippen molar-refractivity contribution in [3.8, 4) is 0 Å². The van der Waals surface area contributed by atoms with Crippen LogP contribution < -0.4 is 0 Å². The van der Waals surface area contributed by atoms with E-state index in [0.717, 1.165) is 0 Å². The molecule has 0 aromatic carbocycles. The van der Waals surface area contributed by atoms with E-state index >= 15 is 0 Å². The highest BCUT2D eigenvalue weighted by Crippen LogP contribution is 2.32. The summed E-state index contributed by atoms with van der Waals surface area (Å²) in [5.74, 6) is -3.53. The first-order valence-electron chi connectivity index (χ1n) is 9.27. The van der Waals surface area contributed by atoms with E-state index in [0.29, 0.717) is 24.8 Å². The van der Waals surface area contributed by atoms with Crippen molar-refractivity contribution in [3.63, 3.8) is 0 Å². The summed E-state index contributed by atoms with van der Waals surface area (Å²) in [5.41, 5.74) is 0.529. The maximum atomic E-state index is 11.4. The van der Waals surface area contributed by atoms with E-state index in [2.05, 4.69) is 18.9 Å². The summed E-state index contributed by atoms with van der Waals surface area (Å²) < 4.78 is 18.0. The van der Waals surface area contributed by atoms with Crippen molar-refractivity contribution in [2.75, 3.05) is 28.4 Å². The van der Waals surface area contributed by atoms with Crippen LogP contribution in [-0.2, 0) is 47.7 Å². The highest BCUT2D eigenvalue weighted by atomic mass is 16.5. The summed E-state index contributed by atoms with van der Waals surface area (Å²) in [5, 5.41) is 0. The van der Waals surface area contributed by atoms with Gasteiger partial charge in [-0.3, -0.25) is 24.0 Å². The molecule has 0 aromatic heterocycles. The first-order valence-corrected chi connectivity index (χ1v) is 9.27. The van der Waals surface area contributed by atoms with Crippen molar-refractivity contribution in [3.05, 3.63) is 11.1 Å². The van der Waals surface area contributed by atoms with Crippen LogP contribution in [0.15, 0.2) is 11.1 Å². The summed E-state index contributed by atoms with van der Waals surface area (Å²) in [7, 11) is 4.99. The Bertz CT molecular complexity index is 755. The van der Waals surface area contributed by atoms with E-state index in [-0.39, 0.29) is 43.7 Å². The maximum Gasteiger partial charge on any atom is 0.341 e. The van der Waals surface area contributed by atoms with E-state index in [4.69, 9.17) is 0 Å². The Hall–Kier alpha value is -3.04. The Kier molecular flexibility index (Phi) is 9.87. The first kappa shape index (κ1) is 25.0. The minimum Gasteiger partial charge on any atom is -0.469 e. The quantitative estimate of drug-likeness (QED) is 0.260. The number of hydrogen-bond donors (Lipinski definition) is 0. The fourth-order valence-electron chi connectivity index (χ4n) is 3.38. The van der Waals surface area contributed by atoms with Crippen molar-refractivity contribution in [2.45, 2.75) is 38.5 Å². The number of esters is 4. The van der Waals surface area contributed by atoms with Crippen LogP contribution in [0.1, 0.15) is 40.0 Å². The van der Waals surface area contributed by atoms with Gasteiger partial charge in [0, 0.05) is 20.7 Å². The van der Waals surface area contributed by atoms with Gasteiger partial charge in [0.25, 0.3) is 0 Å². The highest BCUT2D eigenvalue weighted by Gasteiger charge is 2.41. The molecule has 2 rings (SSSR count). The molecule has 0 bridgehead atoms. The molecule has 0 radical (unpaired) electrons. The lowest BCUT2D eigenvalue weighted by Gasteiger charge is -2.14. The SMILES string of the molecule is COC(=O)CC1=C(C(=O)OC)C(=O)CC1.COC(=O)CC1CCC(=O)C1C(=O)OC.[HH]. The lowest BCUT2D eigenvalue weighted by Crippen LogP contribution is -2.27. The molecule has 0 N–H and O–H groups in total. The van der Waals surface area contributed by atoms with E-state index in [1.54, 1.807) is 0 Å². The number of carbonyl (C=O) groups excluding carboxylic acids is 6. The van der Waals surface area contributed by atoms with Gasteiger partial charge in [-0.2, -0.15) is 0 Å². The molecule has 30 heavy (non-hydrogen) atoms. The lowest BCUT2D eigenvalue weighted by molar-refractivity contribution is -0.151. The number of ketones is 2. The average molecular weight is 428 g/mol. The first-order chi connectivity index (χ1) is 14.2. The predicted octanol–water partition coefficient (Wildman–Crippen LogP) is 0.946. The molecule has 0 saturated heterocycles. The Labute approximate surface area is 175 Å². The largest absolute Gasteiger partial charge is 0.469 e. The van der Waals surface area contributed by atoms with E-state index in [1.807, 2.05) is 0 Å². The summed E-state index contributed by atoms with van der Waals surface area (Å²) in [6.07, 6.45) is 1.65. The van der Waals surface area contributed by atoms with Gasteiger partial charge in [-0.25, -0.2) is 4.79 Å². The molecule has 1 saturated carbocycles. The third-order valence-electron chi connectivity index (χ3n) is 4.95. The topological polar surface area (TPSA) is 139 Å². The minimum atomic E-state index is -0.783. The van der Waals surface area contributed by atoms with Gasteiger partial charge in [-0.05, 0) is 24.3 Å². The molecule has 0 spiro atoms. The second-order valence-electron chi connectivity index (χ2n) is 6.69. The molecule has 10 nitrogen and oxygen atoms in total. The van der Waals surface area contributed by atoms with Crippen LogP contribution in [0, 0.1) is 11.8 Å². The number of carbonyl (C=O) groups is 6. The van der Waals surface area contributed by atoms with Gasteiger partial charge in [-0.15, -0.1) is 0 Å². The summed E-state index contributed by atoms with van der Waals surface area (Å²) in [6, 6.07) is 0. The van der Waals surface area contributed by atoms with E-state index in [1.165, 1.54) is 28.4 Å². The molecule has 2 atom stereocenters. The summed E-state index contributed by atoms with van der Waals surface area (Å²) >= 11 is 0. The van der Waals surface area contributed by atoms with Gasteiger partial charge >= 0.3 is 23.9 Å². The molecule has 0 amide bonds. The van der Waals surface area contributed by atoms with Gasteiger partial charge in [0.15, 0.2) is 5.78 Å². The van der Waals surface area contributed by atoms with Crippen molar-refractivity contribution in [2.24, 2.45) is 11.8 Å². The molecule has 2 aliphatic carbocycles. The van der Waals surface area contributed by atoms with Gasteiger partial charge in [0.2, 0.25) is 0 Å². The zero-order valence-corrected chi connectivity index (χ0v) is 17.5. The van der Waals surface area contributed by atoms with Crippen LogP contribution in [0.3, 0.4) is 0 Å². The third kappa shape index (κ3) is 6.50. The van der Waals surface area contributed by atoms with Gasteiger partial charge < -0.3 is 18.9 Å². The Balaban J connectivity index is 0.000000562. The van der Waals surface area contributed by atoms with Crippen molar-refractivity contribution in [1.29, 1.82) is 0 Å². The zero-order valence-electron chi connectivity index (χ0n) is 17.5. The monoisotopic (exact) mass is 428 g/mol. The maximum absolute atomic E-state index is 11.4. The molecule has 0 aromatic rings. The van der Waals surface area contributed by atoms with Crippen LogP contribution in [-0.4, -0.2) is 63.9 Å². The molecule has 2 aliphatic rings. The van der Waals surface area contributed by atoms with Crippen LogP contribution in [0.2, 0.25) is 0 Å². The average Bonchev–Trinajstić information content (AvgIpc) is 3.29. The Morgan fingerprint density at radius 3 is 2.03 bits per heavy atom. The standard InChI is InChI=1S/C10H14O5.C10H12O5.H2/c2*1-14-8(12)5-6-3-4-7(11)9(6)10(13)15-2;/h6,9H,3-5H2,1-2H3;3-5H2,1-2H3;1H. The van der Waals surface area contributed by atoms with Crippen molar-refractivity contribution >= 4 is 35.4 Å². The van der Waals surface area contributed by atoms with E-state index < -0.39 is 29.8 Å². The molecule has 0 aliphatic heterocycles. The van der Waals surface area contributed by atoms with Crippen LogP contribution in [0.4, 0.5) is 0 Å². The zero-order chi connectivity index (χ0) is 22.8. The summed E-state index contributed by atoms with van der Waals surface area (Å²) in [6.45, 7) is 0. The van der Waals surface area contributed by atoms with Crippen molar-refractivity contribution in [1.82, 2.24) is 0 Å². The molecule has 0 heterocycles. The smallest absolute Gasteiger partial charge is 0.341 e.